The van der Waals surface area contributed by atoms with Gasteiger partial charge in [0, 0.05) is 13.0 Å². The van der Waals surface area contributed by atoms with Crippen LogP contribution in [0, 0.1) is 0 Å². The minimum atomic E-state index is -0.225. The Hall–Kier alpha value is -1.06. The van der Waals surface area contributed by atoms with Crippen molar-refractivity contribution in [2.45, 2.75) is 77.8 Å². The number of rotatable bonds is 0. The van der Waals surface area contributed by atoms with Gasteiger partial charge >= 0.3 is 5.69 Å². The maximum absolute atomic E-state index is 12.4. The summed E-state index contributed by atoms with van der Waals surface area (Å²) in [6.45, 7) is 6.94. The third-order valence-corrected chi connectivity index (χ3v) is 3.61. The lowest BCUT2D eigenvalue weighted by Crippen LogP contribution is -2.35. The number of aryl methyl sites for hydroxylation is 1. The molecule has 2 heterocycles. The Labute approximate surface area is 109 Å². The van der Waals surface area contributed by atoms with Gasteiger partial charge in [0.15, 0.2) is 0 Å². The zero-order valence-corrected chi connectivity index (χ0v) is 11.9. The van der Waals surface area contributed by atoms with Crippen LogP contribution in [0.25, 0.3) is 0 Å². The first-order valence-corrected chi connectivity index (χ1v) is 7.19. The van der Waals surface area contributed by atoms with E-state index in [1.807, 2.05) is 25.3 Å². The number of nitrogens with zero attached hydrogens (tertiary/aromatic N) is 3. The number of hydrogen-bond acceptors (Lipinski definition) is 2. The molecule has 0 aliphatic carbocycles. The van der Waals surface area contributed by atoms with E-state index < -0.39 is 0 Å². The number of hydrogen-bond donors (Lipinski definition) is 0. The maximum Gasteiger partial charge on any atom is 0.346 e. The Morgan fingerprint density at radius 1 is 1.00 bits per heavy atom. The molecule has 0 radical (unpaired) electrons. The third-order valence-electron chi connectivity index (χ3n) is 3.61. The Morgan fingerprint density at radius 2 is 1.61 bits per heavy atom. The van der Waals surface area contributed by atoms with Gasteiger partial charge in [0.05, 0.1) is 5.54 Å². The summed E-state index contributed by atoms with van der Waals surface area (Å²) in [5.41, 5.74) is -0.157. The van der Waals surface area contributed by atoms with Crippen molar-refractivity contribution in [3.8, 4) is 0 Å². The van der Waals surface area contributed by atoms with Gasteiger partial charge < -0.3 is 0 Å². The van der Waals surface area contributed by atoms with Crippen LogP contribution < -0.4 is 5.69 Å². The van der Waals surface area contributed by atoms with Crippen molar-refractivity contribution in [3.05, 3.63) is 16.3 Å². The third kappa shape index (κ3) is 2.85. The molecule has 0 spiro atoms. The minimum Gasteiger partial charge on any atom is -0.279 e. The molecule has 0 atom stereocenters. The quantitative estimate of drug-likeness (QED) is 0.711. The van der Waals surface area contributed by atoms with E-state index in [4.69, 9.17) is 0 Å². The minimum absolute atomic E-state index is 0.0677. The summed E-state index contributed by atoms with van der Waals surface area (Å²) in [4.78, 5) is 12.4. The molecule has 0 fully saturated rings. The van der Waals surface area contributed by atoms with Crippen molar-refractivity contribution in [2.24, 2.45) is 0 Å². The molecule has 2 rings (SSSR count). The largest absolute Gasteiger partial charge is 0.346 e. The van der Waals surface area contributed by atoms with Gasteiger partial charge in [-0.05, 0) is 33.6 Å². The van der Waals surface area contributed by atoms with Gasteiger partial charge in [-0.3, -0.25) is 4.57 Å². The summed E-state index contributed by atoms with van der Waals surface area (Å²) < 4.78 is 3.55. The lowest BCUT2D eigenvalue weighted by atomic mass is 10.1. The summed E-state index contributed by atoms with van der Waals surface area (Å²) in [5.74, 6) is 0.983. The van der Waals surface area contributed by atoms with E-state index in [1.54, 1.807) is 4.68 Å². The summed E-state index contributed by atoms with van der Waals surface area (Å²) >= 11 is 0. The molecule has 0 saturated heterocycles. The topological polar surface area (TPSA) is 39.8 Å². The average Bonchev–Trinajstić information content (AvgIpc) is 2.62. The van der Waals surface area contributed by atoms with Crippen molar-refractivity contribution in [2.75, 3.05) is 0 Å². The molecule has 102 valence electrons. The molecule has 1 aliphatic heterocycles. The molecule has 0 saturated carbocycles. The molecule has 0 unspecified atom stereocenters. The van der Waals surface area contributed by atoms with Crippen LogP contribution in [0.2, 0.25) is 0 Å². The second-order valence-corrected chi connectivity index (χ2v) is 6.30. The van der Waals surface area contributed by atoms with Gasteiger partial charge in [0.25, 0.3) is 0 Å². The van der Waals surface area contributed by atoms with Gasteiger partial charge in [-0.25, -0.2) is 9.48 Å². The predicted molar refractivity (Wildman–Crippen MR) is 72.9 cm³/mol. The SMILES string of the molecule is CC(C)(C)n1nc2n(c1=O)CCCCCCCC2. The molecule has 0 aromatic carbocycles. The van der Waals surface area contributed by atoms with Gasteiger partial charge in [-0.15, -0.1) is 0 Å². The van der Waals surface area contributed by atoms with Gasteiger partial charge in [-0.1, -0.05) is 25.7 Å². The number of fused-ring (bicyclic) bond motifs is 1. The van der Waals surface area contributed by atoms with Crippen LogP contribution in [-0.2, 0) is 18.5 Å². The molecule has 1 aromatic rings. The van der Waals surface area contributed by atoms with Crippen LogP contribution in [-0.4, -0.2) is 14.3 Å². The van der Waals surface area contributed by atoms with Crippen LogP contribution in [0.3, 0.4) is 0 Å². The smallest absolute Gasteiger partial charge is 0.279 e. The second-order valence-electron chi connectivity index (χ2n) is 6.30. The molecule has 18 heavy (non-hydrogen) atoms. The van der Waals surface area contributed by atoms with E-state index in [-0.39, 0.29) is 11.2 Å². The first-order valence-electron chi connectivity index (χ1n) is 7.19. The Balaban J connectivity index is 2.34. The summed E-state index contributed by atoms with van der Waals surface area (Å²) in [6, 6.07) is 0. The molecular weight excluding hydrogens is 226 g/mol. The van der Waals surface area contributed by atoms with Gasteiger partial charge in [0.2, 0.25) is 0 Å². The van der Waals surface area contributed by atoms with Crippen LogP contribution in [0.1, 0.15) is 65.1 Å². The Bertz CT molecular complexity index is 451. The lowest BCUT2D eigenvalue weighted by Gasteiger charge is -2.16. The summed E-state index contributed by atoms with van der Waals surface area (Å²) in [5, 5.41) is 4.56. The fraction of sp³-hybridized carbons (Fsp3) is 0.857. The molecule has 4 nitrogen and oxygen atoms in total. The molecule has 0 bridgehead atoms. The van der Waals surface area contributed by atoms with Crippen molar-refractivity contribution < 1.29 is 0 Å². The average molecular weight is 251 g/mol. The molecule has 0 N–H and O–H groups in total. The molecule has 1 aromatic heterocycles. The first-order chi connectivity index (χ1) is 8.50. The fourth-order valence-electron chi connectivity index (χ4n) is 2.54. The van der Waals surface area contributed by atoms with E-state index in [9.17, 15) is 4.79 Å². The highest BCUT2D eigenvalue weighted by Gasteiger charge is 2.22. The van der Waals surface area contributed by atoms with E-state index in [0.29, 0.717) is 0 Å². The van der Waals surface area contributed by atoms with Crippen molar-refractivity contribution >= 4 is 0 Å². The van der Waals surface area contributed by atoms with E-state index in [2.05, 4.69) is 5.10 Å². The Morgan fingerprint density at radius 3 is 2.28 bits per heavy atom. The molecule has 1 aliphatic rings. The van der Waals surface area contributed by atoms with Crippen LogP contribution in [0.5, 0.6) is 0 Å². The van der Waals surface area contributed by atoms with Crippen LogP contribution in [0.4, 0.5) is 0 Å². The first kappa shape index (κ1) is 13.4. The highest BCUT2D eigenvalue weighted by molar-refractivity contribution is 4.91. The van der Waals surface area contributed by atoms with Crippen molar-refractivity contribution in [1.29, 1.82) is 0 Å². The molecule has 4 heteroatoms. The predicted octanol–water partition coefficient (Wildman–Crippen LogP) is 2.70. The standard InChI is InChI=1S/C14H25N3O/c1-14(2,3)17-13(18)16-11-9-7-5-4-6-8-10-12(16)15-17/h4-11H2,1-3H3. The Kier molecular flexibility index (Phi) is 3.93. The van der Waals surface area contributed by atoms with E-state index >= 15 is 0 Å². The summed E-state index contributed by atoms with van der Waals surface area (Å²) in [7, 11) is 0. The highest BCUT2D eigenvalue weighted by atomic mass is 16.2. The maximum atomic E-state index is 12.4. The van der Waals surface area contributed by atoms with Gasteiger partial charge in [-0.2, -0.15) is 5.10 Å². The van der Waals surface area contributed by atoms with Crippen LogP contribution >= 0.6 is 0 Å². The van der Waals surface area contributed by atoms with E-state index in [1.165, 1.54) is 25.7 Å². The highest BCUT2D eigenvalue weighted by Crippen LogP contribution is 2.15. The fourth-order valence-corrected chi connectivity index (χ4v) is 2.54. The second kappa shape index (κ2) is 5.29. The molecular formula is C14H25N3O. The van der Waals surface area contributed by atoms with E-state index in [0.717, 1.165) is 31.6 Å². The van der Waals surface area contributed by atoms with Gasteiger partial charge in [0.1, 0.15) is 5.82 Å². The van der Waals surface area contributed by atoms with Crippen molar-refractivity contribution in [1.82, 2.24) is 14.3 Å². The normalized spacial score (nSPS) is 18.4. The van der Waals surface area contributed by atoms with Crippen LogP contribution in [0.15, 0.2) is 4.79 Å². The lowest BCUT2D eigenvalue weighted by molar-refractivity contribution is 0.339. The molecule has 0 amide bonds. The monoisotopic (exact) mass is 251 g/mol. The van der Waals surface area contributed by atoms with Crippen molar-refractivity contribution in [3.63, 3.8) is 0 Å². The summed E-state index contributed by atoms with van der Waals surface area (Å²) in [6.07, 6.45) is 8.31. The number of aromatic nitrogens is 3. The zero-order valence-electron chi connectivity index (χ0n) is 11.9. The zero-order chi connectivity index (χ0) is 13.2.